The summed E-state index contributed by atoms with van der Waals surface area (Å²) in [6, 6.07) is 13.4. The predicted octanol–water partition coefficient (Wildman–Crippen LogP) is 3.07. The molecule has 0 spiro atoms. The van der Waals surface area contributed by atoms with Crippen molar-refractivity contribution in [1.82, 2.24) is 13.7 Å². The molecule has 3 aromatic heterocycles. The standard InChI is InChI=1S/C24H25N3O4/c1-14-9-12-18(31-14)17-11-10-16(13-28)27-20(15-7-5-4-6-8-15)19-22(21(17)27)25(2)24(30)26(3)23(19)29/h4-9,12,16-17,28H,10-11,13H2,1-3H3/t16-,17?/m0/s1. The van der Waals surface area contributed by atoms with Crippen molar-refractivity contribution in [3.8, 4) is 11.3 Å². The van der Waals surface area contributed by atoms with Gasteiger partial charge in [0.1, 0.15) is 11.5 Å². The first-order valence-electron chi connectivity index (χ1n) is 10.5. The number of rotatable bonds is 3. The van der Waals surface area contributed by atoms with Gasteiger partial charge in [-0.3, -0.25) is 13.9 Å². The molecule has 0 amide bonds. The second kappa shape index (κ2) is 7.13. The molecule has 1 aromatic carbocycles. The first kappa shape index (κ1) is 19.6. The van der Waals surface area contributed by atoms with Crippen LogP contribution in [0.3, 0.4) is 0 Å². The van der Waals surface area contributed by atoms with E-state index in [0.717, 1.165) is 45.9 Å². The minimum absolute atomic E-state index is 0.0496. The molecular weight excluding hydrogens is 394 g/mol. The Balaban J connectivity index is 2.00. The smallest absolute Gasteiger partial charge is 0.331 e. The zero-order valence-corrected chi connectivity index (χ0v) is 17.8. The van der Waals surface area contributed by atoms with Crippen molar-refractivity contribution in [3.63, 3.8) is 0 Å². The van der Waals surface area contributed by atoms with E-state index in [9.17, 15) is 14.7 Å². The zero-order chi connectivity index (χ0) is 21.9. The maximum atomic E-state index is 13.4. The highest BCUT2D eigenvalue weighted by Gasteiger charge is 2.37. The molecule has 7 nitrogen and oxygen atoms in total. The number of furan rings is 1. The SMILES string of the molecule is Cc1ccc(C2CC[C@@H](CO)n3c(-c4ccccc4)c4c(=O)n(C)c(=O)n(C)c4c32)o1. The fraction of sp³-hybridized carbons (Fsp3) is 0.333. The molecule has 0 fully saturated rings. The van der Waals surface area contributed by atoms with Crippen LogP contribution < -0.4 is 11.2 Å². The summed E-state index contributed by atoms with van der Waals surface area (Å²) in [4.78, 5) is 26.3. The van der Waals surface area contributed by atoms with Crippen LogP contribution in [0.1, 0.15) is 42.0 Å². The number of hydrogen-bond donors (Lipinski definition) is 1. The van der Waals surface area contributed by atoms with Gasteiger partial charge < -0.3 is 14.1 Å². The van der Waals surface area contributed by atoms with E-state index in [1.165, 1.54) is 7.05 Å². The fourth-order valence-electron chi connectivity index (χ4n) is 5.02. The molecule has 4 heterocycles. The largest absolute Gasteiger partial charge is 0.466 e. The molecule has 160 valence electrons. The van der Waals surface area contributed by atoms with Gasteiger partial charge in [0.15, 0.2) is 0 Å². The Kier molecular flexibility index (Phi) is 4.51. The van der Waals surface area contributed by atoms with E-state index < -0.39 is 0 Å². The van der Waals surface area contributed by atoms with Crippen molar-refractivity contribution in [2.45, 2.75) is 31.7 Å². The molecule has 7 heteroatoms. The molecule has 0 bridgehead atoms. The number of aromatic nitrogens is 3. The van der Waals surface area contributed by atoms with Gasteiger partial charge in [-0.2, -0.15) is 0 Å². The lowest BCUT2D eigenvalue weighted by atomic mass is 9.89. The molecule has 1 aliphatic heterocycles. The number of aliphatic hydroxyl groups is 1. The molecule has 0 saturated carbocycles. The van der Waals surface area contributed by atoms with E-state index in [4.69, 9.17) is 4.42 Å². The third kappa shape index (κ3) is 2.76. The monoisotopic (exact) mass is 419 g/mol. The van der Waals surface area contributed by atoms with Crippen LogP contribution in [0.25, 0.3) is 22.2 Å². The van der Waals surface area contributed by atoms with Gasteiger partial charge in [0.25, 0.3) is 5.56 Å². The average Bonchev–Trinajstić information content (AvgIpc) is 3.38. The lowest BCUT2D eigenvalue weighted by Gasteiger charge is -2.32. The molecule has 4 aromatic rings. The number of benzene rings is 1. The summed E-state index contributed by atoms with van der Waals surface area (Å²) in [5.41, 5.74) is 2.39. The Morgan fingerprint density at radius 2 is 1.77 bits per heavy atom. The molecule has 1 unspecified atom stereocenters. The second-order valence-corrected chi connectivity index (χ2v) is 8.31. The Bertz CT molecular complexity index is 1400. The predicted molar refractivity (Wildman–Crippen MR) is 119 cm³/mol. The van der Waals surface area contributed by atoms with Crippen LogP contribution in [-0.4, -0.2) is 25.4 Å². The first-order chi connectivity index (χ1) is 14.9. The maximum absolute atomic E-state index is 13.4. The lowest BCUT2D eigenvalue weighted by Crippen LogP contribution is -2.37. The third-order valence-electron chi connectivity index (χ3n) is 6.49. The number of aliphatic hydroxyl groups excluding tert-OH is 1. The van der Waals surface area contributed by atoms with Gasteiger partial charge in [0, 0.05) is 14.1 Å². The maximum Gasteiger partial charge on any atom is 0.331 e. The number of fused-ring (bicyclic) bond motifs is 3. The van der Waals surface area contributed by atoms with Crippen molar-refractivity contribution < 1.29 is 9.52 Å². The first-order valence-corrected chi connectivity index (χ1v) is 10.5. The minimum atomic E-state index is -0.369. The summed E-state index contributed by atoms with van der Waals surface area (Å²) in [6.07, 6.45) is 1.50. The highest BCUT2D eigenvalue weighted by atomic mass is 16.3. The number of aryl methyl sites for hydroxylation is 2. The number of nitrogens with zero attached hydrogens (tertiary/aromatic N) is 3. The van der Waals surface area contributed by atoms with Crippen molar-refractivity contribution in [1.29, 1.82) is 0 Å². The van der Waals surface area contributed by atoms with Crippen LogP contribution in [0, 0.1) is 6.92 Å². The van der Waals surface area contributed by atoms with Gasteiger partial charge in [-0.15, -0.1) is 0 Å². The Morgan fingerprint density at radius 3 is 2.42 bits per heavy atom. The van der Waals surface area contributed by atoms with Gasteiger partial charge in [0.05, 0.1) is 40.9 Å². The molecular formula is C24H25N3O4. The highest BCUT2D eigenvalue weighted by Crippen LogP contribution is 2.46. The quantitative estimate of drug-likeness (QED) is 0.553. The second-order valence-electron chi connectivity index (χ2n) is 8.31. The van der Waals surface area contributed by atoms with E-state index in [2.05, 4.69) is 4.57 Å². The summed E-state index contributed by atoms with van der Waals surface area (Å²) in [5, 5.41) is 10.7. The van der Waals surface area contributed by atoms with Gasteiger partial charge in [0.2, 0.25) is 0 Å². The van der Waals surface area contributed by atoms with Crippen LogP contribution in [0.2, 0.25) is 0 Å². The number of hydrogen-bond acceptors (Lipinski definition) is 4. The van der Waals surface area contributed by atoms with Gasteiger partial charge in [-0.1, -0.05) is 30.3 Å². The summed E-state index contributed by atoms with van der Waals surface area (Å²) in [5.74, 6) is 1.51. The van der Waals surface area contributed by atoms with Crippen molar-refractivity contribution in [3.05, 3.63) is 80.5 Å². The molecule has 1 aliphatic rings. The van der Waals surface area contributed by atoms with Crippen molar-refractivity contribution in [2.75, 3.05) is 6.61 Å². The van der Waals surface area contributed by atoms with Gasteiger partial charge in [-0.05, 0) is 37.5 Å². The Labute approximate surface area is 178 Å². The average molecular weight is 419 g/mol. The molecule has 0 radical (unpaired) electrons. The van der Waals surface area contributed by atoms with E-state index >= 15 is 0 Å². The summed E-state index contributed by atoms with van der Waals surface area (Å²) in [7, 11) is 3.21. The molecule has 31 heavy (non-hydrogen) atoms. The Morgan fingerprint density at radius 1 is 1.03 bits per heavy atom. The van der Waals surface area contributed by atoms with E-state index in [-0.39, 0.29) is 29.8 Å². The van der Waals surface area contributed by atoms with E-state index in [0.29, 0.717) is 10.9 Å². The van der Waals surface area contributed by atoms with Crippen LogP contribution in [-0.2, 0) is 14.1 Å². The van der Waals surface area contributed by atoms with Crippen LogP contribution in [0.4, 0.5) is 0 Å². The lowest BCUT2D eigenvalue weighted by molar-refractivity contribution is 0.202. The molecule has 0 saturated heterocycles. The molecule has 1 N–H and O–H groups in total. The summed E-state index contributed by atoms with van der Waals surface area (Å²) in [6.45, 7) is 1.85. The van der Waals surface area contributed by atoms with E-state index in [1.54, 1.807) is 11.6 Å². The fourth-order valence-corrected chi connectivity index (χ4v) is 5.02. The van der Waals surface area contributed by atoms with Gasteiger partial charge in [-0.25, -0.2) is 4.79 Å². The third-order valence-corrected chi connectivity index (χ3v) is 6.49. The van der Waals surface area contributed by atoms with E-state index in [1.807, 2.05) is 49.4 Å². The zero-order valence-electron chi connectivity index (χ0n) is 17.8. The summed E-state index contributed by atoms with van der Waals surface area (Å²) >= 11 is 0. The molecule has 0 aliphatic carbocycles. The molecule has 5 rings (SSSR count). The van der Waals surface area contributed by atoms with Crippen molar-refractivity contribution in [2.24, 2.45) is 14.1 Å². The topological polar surface area (TPSA) is 82.3 Å². The highest BCUT2D eigenvalue weighted by molar-refractivity contribution is 5.96. The van der Waals surface area contributed by atoms with Crippen LogP contribution in [0.5, 0.6) is 0 Å². The summed E-state index contributed by atoms with van der Waals surface area (Å²) < 4.78 is 10.8. The minimum Gasteiger partial charge on any atom is -0.466 e. The normalized spacial score (nSPS) is 18.5. The van der Waals surface area contributed by atoms with Crippen LogP contribution >= 0.6 is 0 Å². The van der Waals surface area contributed by atoms with Crippen LogP contribution in [0.15, 0.2) is 56.5 Å². The van der Waals surface area contributed by atoms with Crippen molar-refractivity contribution >= 4 is 10.9 Å². The van der Waals surface area contributed by atoms with Gasteiger partial charge >= 0.3 is 5.69 Å². The Hall–Kier alpha value is -3.32. The molecule has 2 atom stereocenters.